The average molecular weight is 257 g/mol. The molecule has 3 nitrogen and oxygen atoms in total. The van der Waals surface area contributed by atoms with Crippen LogP contribution in [0.3, 0.4) is 0 Å². The van der Waals surface area contributed by atoms with Crippen molar-refractivity contribution in [1.29, 1.82) is 0 Å². The van der Waals surface area contributed by atoms with E-state index in [4.69, 9.17) is 5.11 Å². The van der Waals surface area contributed by atoms with E-state index >= 15 is 0 Å². The summed E-state index contributed by atoms with van der Waals surface area (Å²) in [7, 11) is 0. The van der Waals surface area contributed by atoms with Crippen molar-refractivity contribution in [2.75, 3.05) is 0 Å². The second kappa shape index (κ2) is 5.31. The fraction of sp³-hybridized carbons (Fsp3) is 0.312. The van der Waals surface area contributed by atoms with Crippen LogP contribution in [-0.4, -0.2) is 15.6 Å². The zero-order valence-electron chi connectivity index (χ0n) is 11.6. The smallest absolute Gasteiger partial charge is 0.337 e. The number of benzene rings is 1. The Hall–Kier alpha value is -2.03. The number of nitrogens with zero attached hydrogens (tertiary/aromatic N) is 1. The lowest BCUT2D eigenvalue weighted by Crippen LogP contribution is -2.02. The van der Waals surface area contributed by atoms with E-state index in [9.17, 15) is 4.79 Å². The molecule has 100 valence electrons. The Morgan fingerprint density at radius 2 is 1.84 bits per heavy atom. The predicted molar refractivity (Wildman–Crippen MR) is 76.2 cm³/mol. The molecule has 0 bridgehead atoms. The Balaban J connectivity index is 2.44. The van der Waals surface area contributed by atoms with Crippen LogP contribution in [0.5, 0.6) is 0 Å². The number of hydrogen-bond acceptors (Lipinski definition) is 1. The van der Waals surface area contributed by atoms with Crippen LogP contribution in [0, 0.1) is 13.8 Å². The molecule has 0 aliphatic rings. The van der Waals surface area contributed by atoms with Gasteiger partial charge in [0.15, 0.2) is 0 Å². The van der Waals surface area contributed by atoms with Crippen molar-refractivity contribution in [1.82, 2.24) is 4.57 Å². The standard InChI is InChI=1S/C16H19NO2/c1-4-5-13-6-8-14(9-7-13)17-11(2)10-15(12(17)3)16(18)19/h6-10H,4-5H2,1-3H3,(H,18,19). The van der Waals surface area contributed by atoms with Gasteiger partial charge in [-0.15, -0.1) is 0 Å². The van der Waals surface area contributed by atoms with E-state index in [0.29, 0.717) is 5.56 Å². The molecule has 0 aliphatic carbocycles. The SMILES string of the molecule is CCCc1ccc(-n2c(C)cc(C(=O)O)c2C)cc1. The number of carbonyl (C=O) groups is 1. The third-order valence-electron chi connectivity index (χ3n) is 3.39. The Morgan fingerprint density at radius 1 is 1.21 bits per heavy atom. The highest BCUT2D eigenvalue weighted by molar-refractivity contribution is 5.89. The zero-order valence-corrected chi connectivity index (χ0v) is 11.6. The molecule has 0 saturated carbocycles. The van der Waals surface area contributed by atoms with E-state index in [1.807, 2.05) is 18.4 Å². The molecule has 2 rings (SSSR count). The molecule has 2 aromatic rings. The van der Waals surface area contributed by atoms with Crippen LogP contribution < -0.4 is 0 Å². The number of rotatable bonds is 4. The molecule has 0 aliphatic heterocycles. The molecule has 1 aromatic carbocycles. The Morgan fingerprint density at radius 3 is 2.32 bits per heavy atom. The summed E-state index contributed by atoms with van der Waals surface area (Å²) in [5.41, 5.74) is 4.41. The number of aromatic carboxylic acids is 1. The highest BCUT2D eigenvalue weighted by atomic mass is 16.4. The summed E-state index contributed by atoms with van der Waals surface area (Å²) >= 11 is 0. The summed E-state index contributed by atoms with van der Waals surface area (Å²) < 4.78 is 1.99. The summed E-state index contributed by atoms with van der Waals surface area (Å²) in [6.45, 7) is 5.93. The first-order chi connectivity index (χ1) is 9.04. The lowest BCUT2D eigenvalue weighted by Gasteiger charge is -2.10. The normalized spacial score (nSPS) is 10.7. The van der Waals surface area contributed by atoms with Crippen molar-refractivity contribution < 1.29 is 9.90 Å². The fourth-order valence-corrected chi connectivity index (χ4v) is 2.48. The van der Waals surface area contributed by atoms with Crippen molar-refractivity contribution in [2.45, 2.75) is 33.6 Å². The van der Waals surface area contributed by atoms with E-state index in [-0.39, 0.29) is 0 Å². The average Bonchev–Trinajstić information content (AvgIpc) is 2.67. The lowest BCUT2D eigenvalue weighted by molar-refractivity contribution is 0.0696. The molecule has 1 N–H and O–H groups in total. The maximum absolute atomic E-state index is 11.1. The molecule has 0 saturated heterocycles. The summed E-state index contributed by atoms with van der Waals surface area (Å²) in [4.78, 5) is 11.1. The maximum Gasteiger partial charge on any atom is 0.337 e. The van der Waals surface area contributed by atoms with Gasteiger partial charge >= 0.3 is 5.97 Å². The van der Waals surface area contributed by atoms with Gasteiger partial charge < -0.3 is 9.67 Å². The third-order valence-corrected chi connectivity index (χ3v) is 3.39. The molecule has 0 radical (unpaired) electrons. The van der Waals surface area contributed by atoms with Crippen molar-refractivity contribution in [3.8, 4) is 5.69 Å². The van der Waals surface area contributed by atoms with Gasteiger partial charge in [0.05, 0.1) is 5.56 Å². The van der Waals surface area contributed by atoms with Gasteiger partial charge in [0.1, 0.15) is 0 Å². The van der Waals surface area contributed by atoms with Gasteiger partial charge in [0, 0.05) is 17.1 Å². The first kappa shape index (κ1) is 13.4. The maximum atomic E-state index is 11.1. The van der Waals surface area contributed by atoms with Gasteiger partial charge in [-0.25, -0.2) is 4.79 Å². The second-order valence-corrected chi connectivity index (χ2v) is 4.84. The first-order valence-electron chi connectivity index (χ1n) is 6.56. The fourth-order valence-electron chi connectivity index (χ4n) is 2.48. The Bertz CT molecular complexity index is 594. The van der Waals surface area contributed by atoms with Crippen LogP contribution in [0.2, 0.25) is 0 Å². The van der Waals surface area contributed by atoms with Crippen molar-refractivity contribution in [3.05, 3.63) is 52.8 Å². The zero-order chi connectivity index (χ0) is 14.0. The number of hydrogen-bond donors (Lipinski definition) is 1. The monoisotopic (exact) mass is 257 g/mol. The molecule has 3 heteroatoms. The van der Waals surface area contributed by atoms with E-state index in [1.165, 1.54) is 5.56 Å². The minimum Gasteiger partial charge on any atom is -0.478 e. The second-order valence-electron chi connectivity index (χ2n) is 4.84. The minimum atomic E-state index is -0.873. The highest BCUT2D eigenvalue weighted by Crippen LogP contribution is 2.21. The van der Waals surface area contributed by atoms with Gasteiger partial charge in [-0.2, -0.15) is 0 Å². The van der Waals surface area contributed by atoms with Crippen LogP contribution >= 0.6 is 0 Å². The van der Waals surface area contributed by atoms with Crippen LogP contribution in [0.15, 0.2) is 30.3 Å². The van der Waals surface area contributed by atoms with Gasteiger partial charge in [-0.1, -0.05) is 25.5 Å². The van der Waals surface area contributed by atoms with E-state index in [1.54, 1.807) is 6.07 Å². The number of carboxylic acids is 1. The molecule has 1 aromatic heterocycles. The highest BCUT2D eigenvalue weighted by Gasteiger charge is 2.15. The van der Waals surface area contributed by atoms with Crippen LogP contribution in [0.1, 0.15) is 40.7 Å². The summed E-state index contributed by atoms with van der Waals surface area (Å²) in [5, 5.41) is 9.15. The quantitative estimate of drug-likeness (QED) is 0.906. The topological polar surface area (TPSA) is 42.2 Å². The number of carboxylic acid groups (broad SMARTS) is 1. The third kappa shape index (κ3) is 2.55. The molecule has 0 atom stereocenters. The van der Waals surface area contributed by atoms with Crippen molar-refractivity contribution >= 4 is 5.97 Å². The van der Waals surface area contributed by atoms with Gasteiger partial charge in [0.2, 0.25) is 0 Å². The predicted octanol–water partition coefficient (Wildman–Crippen LogP) is 3.74. The molecule has 0 amide bonds. The van der Waals surface area contributed by atoms with Crippen molar-refractivity contribution in [2.24, 2.45) is 0 Å². The molecule has 19 heavy (non-hydrogen) atoms. The Labute approximate surface area is 113 Å². The minimum absolute atomic E-state index is 0.370. The lowest BCUT2D eigenvalue weighted by atomic mass is 10.1. The van der Waals surface area contributed by atoms with Crippen molar-refractivity contribution in [3.63, 3.8) is 0 Å². The summed E-state index contributed by atoms with van der Waals surface area (Å²) in [6.07, 6.45) is 2.20. The van der Waals surface area contributed by atoms with Gasteiger partial charge in [-0.05, 0) is 44.0 Å². The molecule has 0 spiro atoms. The largest absolute Gasteiger partial charge is 0.478 e. The molecule has 0 unspecified atom stereocenters. The van der Waals surface area contributed by atoms with Crippen LogP contribution in [0.4, 0.5) is 0 Å². The Kier molecular flexibility index (Phi) is 3.74. The van der Waals surface area contributed by atoms with Crippen LogP contribution in [0.25, 0.3) is 5.69 Å². The van der Waals surface area contributed by atoms with Gasteiger partial charge in [0.25, 0.3) is 0 Å². The van der Waals surface area contributed by atoms with E-state index in [2.05, 4.69) is 31.2 Å². The summed E-state index contributed by atoms with van der Waals surface area (Å²) in [6, 6.07) is 10.0. The molecule has 1 heterocycles. The molecule has 0 fully saturated rings. The number of aryl methyl sites for hydroxylation is 2. The summed E-state index contributed by atoms with van der Waals surface area (Å²) in [5.74, 6) is -0.873. The number of aromatic nitrogens is 1. The van der Waals surface area contributed by atoms with E-state index in [0.717, 1.165) is 29.9 Å². The van der Waals surface area contributed by atoms with Gasteiger partial charge in [-0.3, -0.25) is 0 Å². The first-order valence-corrected chi connectivity index (χ1v) is 6.56. The molecular formula is C16H19NO2. The van der Waals surface area contributed by atoms with Crippen LogP contribution in [-0.2, 0) is 6.42 Å². The molecular weight excluding hydrogens is 238 g/mol. The van der Waals surface area contributed by atoms with E-state index < -0.39 is 5.97 Å².